The molecule has 0 bridgehead atoms. The molecule has 2 heterocycles. The molecule has 21 heavy (non-hydrogen) atoms. The van der Waals surface area contributed by atoms with E-state index in [1.165, 1.54) is 39.9 Å². The molecule has 3 unspecified atom stereocenters. The van der Waals surface area contributed by atoms with Crippen molar-refractivity contribution >= 4 is 34.4 Å². The molecule has 0 amide bonds. The highest BCUT2D eigenvalue weighted by molar-refractivity contribution is 14.1. The molecule has 2 nitrogen and oxygen atoms in total. The van der Waals surface area contributed by atoms with Crippen molar-refractivity contribution in [2.45, 2.75) is 37.8 Å². The smallest absolute Gasteiger partial charge is 0.0783 e. The summed E-state index contributed by atoms with van der Waals surface area (Å²) in [6.45, 7) is 4.16. The fourth-order valence-corrected chi connectivity index (χ4v) is 5.40. The average molecular weight is 417 g/mol. The Labute approximate surface area is 145 Å². The first-order chi connectivity index (χ1) is 10.2. The second kappa shape index (κ2) is 7.20. The van der Waals surface area contributed by atoms with E-state index in [0.29, 0.717) is 12.0 Å². The van der Waals surface area contributed by atoms with Crippen LogP contribution in [0.1, 0.15) is 37.8 Å². The van der Waals surface area contributed by atoms with Gasteiger partial charge in [0.05, 0.1) is 5.60 Å². The van der Waals surface area contributed by atoms with Crippen molar-refractivity contribution in [2.24, 2.45) is 5.92 Å². The minimum Gasteiger partial charge on any atom is -0.374 e. The normalized spacial score (nSPS) is 30.7. The van der Waals surface area contributed by atoms with Gasteiger partial charge in [-0.15, -0.1) is 0 Å². The van der Waals surface area contributed by atoms with Gasteiger partial charge in [0.1, 0.15) is 0 Å². The first-order valence-corrected chi connectivity index (χ1v) is 10.2. The number of halogens is 1. The van der Waals surface area contributed by atoms with Crippen LogP contribution in [0, 0.1) is 9.49 Å². The molecule has 1 spiro atoms. The molecule has 2 saturated heterocycles. The van der Waals surface area contributed by atoms with E-state index in [2.05, 4.69) is 70.9 Å². The van der Waals surface area contributed by atoms with E-state index in [0.717, 1.165) is 13.2 Å². The molecular formula is C17H24INOS. The largest absolute Gasteiger partial charge is 0.374 e. The van der Waals surface area contributed by atoms with Gasteiger partial charge in [-0.05, 0) is 77.8 Å². The van der Waals surface area contributed by atoms with Gasteiger partial charge in [-0.1, -0.05) is 19.1 Å². The van der Waals surface area contributed by atoms with E-state index in [1.54, 1.807) is 0 Å². The van der Waals surface area contributed by atoms with E-state index in [4.69, 9.17) is 4.74 Å². The van der Waals surface area contributed by atoms with E-state index >= 15 is 0 Å². The first-order valence-electron chi connectivity index (χ1n) is 7.93. The predicted octanol–water partition coefficient (Wildman–Crippen LogP) is 4.24. The van der Waals surface area contributed by atoms with Crippen LogP contribution < -0.4 is 5.32 Å². The van der Waals surface area contributed by atoms with E-state index in [9.17, 15) is 0 Å². The van der Waals surface area contributed by atoms with Gasteiger partial charge in [-0.3, -0.25) is 0 Å². The van der Waals surface area contributed by atoms with Gasteiger partial charge < -0.3 is 10.1 Å². The Kier molecular flexibility index (Phi) is 5.51. The topological polar surface area (TPSA) is 21.3 Å². The molecule has 4 heteroatoms. The van der Waals surface area contributed by atoms with E-state index in [-0.39, 0.29) is 5.60 Å². The van der Waals surface area contributed by atoms with Gasteiger partial charge in [0.25, 0.3) is 0 Å². The Bertz CT molecular complexity index is 458. The highest BCUT2D eigenvalue weighted by atomic mass is 127. The molecule has 0 radical (unpaired) electrons. The molecule has 2 aliphatic heterocycles. The lowest BCUT2D eigenvalue weighted by Gasteiger charge is -2.41. The summed E-state index contributed by atoms with van der Waals surface area (Å²) in [6, 6.07) is 9.50. The highest BCUT2D eigenvalue weighted by Gasteiger charge is 2.42. The summed E-state index contributed by atoms with van der Waals surface area (Å²) in [5.74, 6) is 3.15. The Morgan fingerprint density at radius 1 is 1.43 bits per heavy atom. The van der Waals surface area contributed by atoms with Crippen molar-refractivity contribution in [3.8, 4) is 0 Å². The SMILES string of the molecule is CCNC(c1ccc(I)cc1)C1CCOC2(CCSC2)C1. The van der Waals surface area contributed by atoms with Crippen molar-refractivity contribution in [3.05, 3.63) is 33.4 Å². The first kappa shape index (κ1) is 16.1. The van der Waals surface area contributed by atoms with Gasteiger partial charge in [0, 0.05) is 22.0 Å². The molecule has 0 aromatic heterocycles. The Morgan fingerprint density at radius 3 is 2.90 bits per heavy atom. The second-order valence-corrected chi connectivity index (χ2v) is 8.52. The number of hydrogen-bond donors (Lipinski definition) is 1. The Morgan fingerprint density at radius 2 is 2.24 bits per heavy atom. The zero-order valence-electron chi connectivity index (χ0n) is 12.6. The monoisotopic (exact) mass is 417 g/mol. The third-order valence-corrected chi connectivity index (χ3v) is 6.66. The summed E-state index contributed by atoms with van der Waals surface area (Å²) in [7, 11) is 0. The van der Waals surface area contributed by atoms with E-state index in [1.807, 2.05) is 0 Å². The maximum atomic E-state index is 6.19. The lowest BCUT2D eigenvalue weighted by Crippen LogP contribution is -2.43. The summed E-state index contributed by atoms with van der Waals surface area (Å²) in [5, 5.41) is 3.73. The van der Waals surface area contributed by atoms with Crippen molar-refractivity contribution in [1.29, 1.82) is 0 Å². The van der Waals surface area contributed by atoms with Crippen LogP contribution >= 0.6 is 34.4 Å². The molecule has 1 aromatic rings. The number of benzene rings is 1. The minimum atomic E-state index is 0.171. The molecule has 2 aliphatic rings. The van der Waals surface area contributed by atoms with Gasteiger partial charge in [-0.25, -0.2) is 0 Å². The minimum absolute atomic E-state index is 0.171. The van der Waals surface area contributed by atoms with Crippen LogP contribution in [0.5, 0.6) is 0 Å². The Balaban J connectivity index is 1.78. The van der Waals surface area contributed by atoms with Gasteiger partial charge in [-0.2, -0.15) is 11.8 Å². The molecule has 116 valence electrons. The quantitative estimate of drug-likeness (QED) is 0.741. The van der Waals surface area contributed by atoms with Gasteiger partial charge >= 0.3 is 0 Å². The molecule has 0 aliphatic carbocycles. The highest BCUT2D eigenvalue weighted by Crippen LogP contribution is 2.44. The number of ether oxygens (including phenoxy) is 1. The molecule has 0 saturated carbocycles. The number of nitrogens with one attached hydrogen (secondary N) is 1. The molecule has 3 rings (SSSR count). The standard InChI is InChI=1S/C17H24INOS/c1-2-19-16(13-3-5-15(18)6-4-13)14-7-9-20-17(11-14)8-10-21-12-17/h3-6,14,16,19H,2,7-12H2,1H3. The van der Waals surface area contributed by atoms with Crippen LogP contribution in [0.2, 0.25) is 0 Å². The second-order valence-electron chi connectivity index (χ2n) is 6.17. The van der Waals surface area contributed by atoms with Crippen LogP contribution in [0.25, 0.3) is 0 Å². The summed E-state index contributed by atoms with van der Waals surface area (Å²) >= 11 is 4.44. The molecule has 1 aromatic carbocycles. The fraction of sp³-hybridized carbons (Fsp3) is 0.647. The molecule has 3 atom stereocenters. The van der Waals surface area contributed by atoms with Crippen LogP contribution in [0.3, 0.4) is 0 Å². The van der Waals surface area contributed by atoms with Crippen molar-refractivity contribution in [3.63, 3.8) is 0 Å². The Hall–Kier alpha value is 0.220. The van der Waals surface area contributed by atoms with Gasteiger partial charge in [0.2, 0.25) is 0 Å². The lowest BCUT2D eigenvalue weighted by molar-refractivity contribution is -0.0853. The average Bonchev–Trinajstić information content (AvgIpc) is 2.94. The molecule has 2 fully saturated rings. The summed E-state index contributed by atoms with van der Waals surface area (Å²) in [6.07, 6.45) is 3.62. The number of hydrogen-bond acceptors (Lipinski definition) is 3. The van der Waals surface area contributed by atoms with Crippen LogP contribution in [0.15, 0.2) is 24.3 Å². The lowest BCUT2D eigenvalue weighted by atomic mass is 9.79. The van der Waals surface area contributed by atoms with Crippen LogP contribution in [-0.4, -0.2) is 30.3 Å². The zero-order chi connectivity index (χ0) is 14.7. The third-order valence-electron chi connectivity index (χ3n) is 4.72. The van der Waals surface area contributed by atoms with Crippen LogP contribution in [-0.2, 0) is 4.74 Å². The van der Waals surface area contributed by atoms with Crippen molar-refractivity contribution < 1.29 is 4.74 Å². The zero-order valence-corrected chi connectivity index (χ0v) is 15.6. The molecule has 1 N–H and O–H groups in total. The van der Waals surface area contributed by atoms with Crippen LogP contribution in [0.4, 0.5) is 0 Å². The maximum Gasteiger partial charge on any atom is 0.0783 e. The predicted molar refractivity (Wildman–Crippen MR) is 98.9 cm³/mol. The molecular weight excluding hydrogens is 393 g/mol. The number of thioether (sulfide) groups is 1. The number of rotatable bonds is 4. The van der Waals surface area contributed by atoms with E-state index < -0.39 is 0 Å². The summed E-state index contributed by atoms with van der Waals surface area (Å²) < 4.78 is 7.50. The van der Waals surface area contributed by atoms with Crippen molar-refractivity contribution in [2.75, 3.05) is 24.7 Å². The summed E-state index contributed by atoms with van der Waals surface area (Å²) in [5.41, 5.74) is 1.61. The van der Waals surface area contributed by atoms with Crippen molar-refractivity contribution in [1.82, 2.24) is 5.32 Å². The third kappa shape index (κ3) is 3.77. The maximum absolute atomic E-state index is 6.19. The fourth-order valence-electron chi connectivity index (χ4n) is 3.66. The van der Waals surface area contributed by atoms with Gasteiger partial charge in [0.15, 0.2) is 0 Å². The summed E-state index contributed by atoms with van der Waals surface area (Å²) in [4.78, 5) is 0.